The largest absolute Gasteiger partial charge is 0.429 e. The molecule has 0 aliphatic heterocycles. The van der Waals surface area contributed by atoms with Gasteiger partial charge in [-0.3, -0.25) is 0 Å². The first-order valence-corrected chi connectivity index (χ1v) is 5.86. The summed E-state index contributed by atoms with van der Waals surface area (Å²) in [5.41, 5.74) is 8.62. The molecule has 0 fully saturated rings. The van der Waals surface area contributed by atoms with E-state index in [1.807, 2.05) is 39.0 Å². The maximum atomic E-state index is 5.93. The Labute approximate surface area is 98.9 Å². The molecule has 0 spiro atoms. The molecule has 1 aromatic heterocycles. The van der Waals surface area contributed by atoms with E-state index in [1.54, 1.807) is 0 Å². The van der Waals surface area contributed by atoms with Crippen LogP contribution in [0.4, 0.5) is 5.69 Å². The summed E-state index contributed by atoms with van der Waals surface area (Å²) in [6.07, 6.45) is 0. The molecule has 0 saturated heterocycles. The summed E-state index contributed by atoms with van der Waals surface area (Å²) in [6.45, 7) is 5.96. The van der Waals surface area contributed by atoms with Gasteiger partial charge >= 0.3 is 0 Å². The number of hydrogen-bond acceptors (Lipinski definition) is 4. The third-order valence-corrected chi connectivity index (χ3v) is 3.44. The summed E-state index contributed by atoms with van der Waals surface area (Å²) < 4.78 is 5.67. The molecule has 16 heavy (non-hydrogen) atoms. The van der Waals surface area contributed by atoms with Gasteiger partial charge < -0.3 is 10.5 Å². The normalized spacial score (nSPS) is 10.4. The highest BCUT2D eigenvalue weighted by molar-refractivity contribution is 7.13. The Bertz CT molecular complexity index is 500. The molecule has 0 atom stereocenters. The van der Waals surface area contributed by atoms with Gasteiger partial charge in [-0.15, -0.1) is 0 Å². The summed E-state index contributed by atoms with van der Waals surface area (Å²) in [5.74, 6) is 0.675. The maximum Gasteiger partial charge on any atom is 0.279 e. The Hall–Kier alpha value is -1.55. The molecule has 0 amide bonds. The van der Waals surface area contributed by atoms with Crippen molar-refractivity contribution in [1.29, 1.82) is 0 Å². The third-order valence-electron chi connectivity index (χ3n) is 2.49. The fourth-order valence-electron chi connectivity index (χ4n) is 1.32. The number of thiazole rings is 1. The lowest BCUT2D eigenvalue weighted by Crippen LogP contribution is -1.94. The van der Waals surface area contributed by atoms with Gasteiger partial charge in [-0.2, -0.15) is 0 Å². The first-order chi connectivity index (χ1) is 7.58. The van der Waals surface area contributed by atoms with Crippen LogP contribution in [0.15, 0.2) is 18.2 Å². The third kappa shape index (κ3) is 2.02. The molecule has 0 aliphatic rings. The van der Waals surface area contributed by atoms with Crippen molar-refractivity contribution in [2.75, 3.05) is 5.73 Å². The van der Waals surface area contributed by atoms with Gasteiger partial charge in [0.05, 0.1) is 11.4 Å². The lowest BCUT2D eigenvalue weighted by atomic mass is 10.2. The van der Waals surface area contributed by atoms with Gasteiger partial charge in [0.25, 0.3) is 5.19 Å². The smallest absolute Gasteiger partial charge is 0.279 e. The Balaban J connectivity index is 2.30. The van der Waals surface area contributed by atoms with Crippen LogP contribution in [0.5, 0.6) is 10.9 Å². The van der Waals surface area contributed by atoms with Gasteiger partial charge in [0, 0.05) is 4.88 Å². The van der Waals surface area contributed by atoms with Crippen LogP contribution in [0.3, 0.4) is 0 Å². The number of hydrogen-bond donors (Lipinski definition) is 1. The van der Waals surface area contributed by atoms with E-state index >= 15 is 0 Å². The number of ether oxygens (including phenoxy) is 1. The molecule has 0 saturated carbocycles. The predicted molar refractivity (Wildman–Crippen MR) is 67.3 cm³/mol. The SMILES string of the molecule is Cc1cccc(Oc2nc(C)c(C)s2)c1N. The van der Waals surface area contributed by atoms with Gasteiger partial charge in [0.1, 0.15) is 0 Å². The first kappa shape index (κ1) is 11.0. The second kappa shape index (κ2) is 4.14. The van der Waals surface area contributed by atoms with E-state index in [0.29, 0.717) is 16.6 Å². The van der Waals surface area contributed by atoms with Gasteiger partial charge in [-0.05, 0) is 32.4 Å². The molecule has 1 heterocycles. The molecule has 0 radical (unpaired) electrons. The van der Waals surface area contributed by atoms with Crippen molar-refractivity contribution in [3.63, 3.8) is 0 Å². The van der Waals surface area contributed by atoms with Crippen molar-refractivity contribution in [2.45, 2.75) is 20.8 Å². The highest BCUT2D eigenvalue weighted by atomic mass is 32.1. The van der Waals surface area contributed by atoms with Gasteiger partial charge in [-0.1, -0.05) is 23.5 Å². The summed E-state index contributed by atoms with van der Waals surface area (Å²) in [6, 6.07) is 5.74. The Morgan fingerprint density at radius 3 is 2.62 bits per heavy atom. The zero-order chi connectivity index (χ0) is 11.7. The molecule has 0 bridgehead atoms. The average Bonchev–Trinajstić information content (AvgIpc) is 2.54. The molecule has 4 heteroatoms. The van der Waals surface area contributed by atoms with Gasteiger partial charge in [0.15, 0.2) is 5.75 Å². The van der Waals surface area contributed by atoms with E-state index in [1.165, 1.54) is 16.2 Å². The minimum absolute atomic E-state index is 0.646. The van der Waals surface area contributed by atoms with Crippen LogP contribution in [0.25, 0.3) is 0 Å². The molecule has 84 valence electrons. The number of anilines is 1. The Kier molecular flexibility index (Phi) is 2.83. The number of nitrogens with zero attached hydrogens (tertiary/aromatic N) is 1. The minimum atomic E-state index is 0.646. The van der Waals surface area contributed by atoms with Gasteiger partial charge in [0.2, 0.25) is 0 Å². The topological polar surface area (TPSA) is 48.1 Å². The molecule has 0 unspecified atom stereocenters. The molecular weight excluding hydrogens is 220 g/mol. The maximum absolute atomic E-state index is 5.93. The number of aryl methyl sites for hydroxylation is 3. The minimum Gasteiger partial charge on any atom is -0.429 e. The van der Waals surface area contributed by atoms with Crippen molar-refractivity contribution < 1.29 is 4.74 Å². The molecule has 2 N–H and O–H groups in total. The van der Waals surface area contributed by atoms with Crippen LogP contribution >= 0.6 is 11.3 Å². The first-order valence-electron chi connectivity index (χ1n) is 5.05. The van der Waals surface area contributed by atoms with Crippen LogP contribution in [0.2, 0.25) is 0 Å². The zero-order valence-corrected chi connectivity index (χ0v) is 10.4. The van der Waals surface area contributed by atoms with E-state index in [4.69, 9.17) is 10.5 Å². The zero-order valence-electron chi connectivity index (χ0n) is 9.57. The fraction of sp³-hybridized carbons (Fsp3) is 0.250. The summed E-state index contributed by atoms with van der Waals surface area (Å²) in [5, 5.41) is 0.646. The average molecular weight is 234 g/mol. The van der Waals surface area contributed by atoms with E-state index in [9.17, 15) is 0 Å². The van der Waals surface area contributed by atoms with E-state index < -0.39 is 0 Å². The number of para-hydroxylation sites is 1. The van der Waals surface area contributed by atoms with Crippen molar-refractivity contribution in [3.05, 3.63) is 34.3 Å². The number of nitrogen functional groups attached to an aromatic ring is 1. The standard InChI is InChI=1S/C12H14N2OS/c1-7-5-4-6-10(11(7)13)15-12-14-8(2)9(3)16-12/h4-6H,13H2,1-3H3. The van der Waals surface area contributed by atoms with Crippen LogP contribution in [-0.4, -0.2) is 4.98 Å². The Morgan fingerprint density at radius 1 is 1.25 bits per heavy atom. The summed E-state index contributed by atoms with van der Waals surface area (Å²) >= 11 is 1.53. The van der Waals surface area contributed by atoms with E-state index in [2.05, 4.69) is 4.98 Å². The van der Waals surface area contributed by atoms with Gasteiger partial charge in [-0.25, -0.2) is 4.98 Å². The number of aromatic nitrogens is 1. The lowest BCUT2D eigenvalue weighted by Gasteiger charge is -2.07. The summed E-state index contributed by atoms with van der Waals surface area (Å²) in [7, 11) is 0. The predicted octanol–water partition coefficient (Wildman–Crippen LogP) is 3.44. The number of benzene rings is 1. The number of rotatable bonds is 2. The quantitative estimate of drug-likeness (QED) is 0.810. The fourth-order valence-corrected chi connectivity index (χ4v) is 2.09. The van der Waals surface area contributed by atoms with Crippen molar-refractivity contribution in [1.82, 2.24) is 4.98 Å². The second-order valence-electron chi connectivity index (χ2n) is 3.71. The van der Waals surface area contributed by atoms with Crippen LogP contribution < -0.4 is 10.5 Å². The van der Waals surface area contributed by atoms with Crippen molar-refractivity contribution >= 4 is 17.0 Å². The van der Waals surface area contributed by atoms with E-state index in [-0.39, 0.29) is 0 Å². The monoisotopic (exact) mass is 234 g/mol. The molecule has 0 aliphatic carbocycles. The highest BCUT2D eigenvalue weighted by Gasteiger charge is 2.08. The van der Waals surface area contributed by atoms with E-state index in [0.717, 1.165) is 11.3 Å². The lowest BCUT2D eigenvalue weighted by molar-refractivity contribution is 0.480. The second-order valence-corrected chi connectivity index (χ2v) is 4.88. The van der Waals surface area contributed by atoms with Crippen molar-refractivity contribution in [3.8, 4) is 10.9 Å². The van der Waals surface area contributed by atoms with Crippen LogP contribution in [0, 0.1) is 20.8 Å². The molecule has 2 aromatic rings. The molecular formula is C12H14N2OS. The van der Waals surface area contributed by atoms with Crippen LogP contribution in [0.1, 0.15) is 16.1 Å². The molecule has 3 nitrogen and oxygen atoms in total. The molecule has 2 rings (SSSR count). The Morgan fingerprint density at radius 2 is 2.00 bits per heavy atom. The van der Waals surface area contributed by atoms with Crippen LogP contribution in [-0.2, 0) is 0 Å². The molecule has 1 aromatic carbocycles. The summed E-state index contributed by atoms with van der Waals surface area (Å²) in [4.78, 5) is 5.48. The number of nitrogens with two attached hydrogens (primary N) is 1. The highest BCUT2D eigenvalue weighted by Crippen LogP contribution is 2.32. The van der Waals surface area contributed by atoms with Crippen molar-refractivity contribution in [2.24, 2.45) is 0 Å².